The van der Waals surface area contributed by atoms with Crippen LogP contribution in [0.4, 0.5) is 5.82 Å². The first-order chi connectivity index (χ1) is 9.56. The summed E-state index contributed by atoms with van der Waals surface area (Å²) in [5.41, 5.74) is 1.13. The van der Waals surface area contributed by atoms with Gasteiger partial charge in [0.25, 0.3) is 0 Å². The molecule has 1 aliphatic rings. The van der Waals surface area contributed by atoms with E-state index in [-0.39, 0.29) is 0 Å². The van der Waals surface area contributed by atoms with Crippen molar-refractivity contribution in [3.63, 3.8) is 0 Å². The second kappa shape index (κ2) is 7.04. The maximum atomic E-state index is 4.81. The molecule has 0 spiro atoms. The van der Waals surface area contributed by atoms with Crippen LogP contribution >= 0.6 is 0 Å². The van der Waals surface area contributed by atoms with Gasteiger partial charge in [0.2, 0.25) is 0 Å². The third kappa shape index (κ3) is 4.18. The summed E-state index contributed by atoms with van der Waals surface area (Å²) in [6.45, 7) is 11.9. The summed E-state index contributed by atoms with van der Waals surface area (Å²) in [7, 11) is 2.19. The molecule has 1 aromatic heterocycles. The lowest BCUT2D eigenvalue weighted by molar-refractivity contribution is 0.274. The SMILES string of the molecule is CC(C)CNCc1cccc(N2CCN(C)CC2C)n1. The first-order valence-corrected chi connectivity index (χ1v) is 7.68. The number of piperazine rings is 1. The highest BCUT2D eigenvalue weighted by molar-refractivity contribution is 5.41. The van der Waals surface area contributed by atoms with Crippen molar-refractivity contribution in [1.82, 2.24) is 15.2 Å². The Morgan fingerprint density at radius 2 is 2.15 bits per heavy atom. The summed E-state index contributed by atoms with van der Waals surface area (Å²) in [5.74, 6) is 1.80. The highest BCUT2D eigenvalue weighted by Crippen LogP contribution is 2.18. The highest BCUT2D eigenvalue weighted by atomic mass is 15.3. The lowest BCUT2D eigenvalue weighted by atomic mass is 10.2. The van der Waals surface area contributed by atoms with Gasteiger partial charge in [-0.3, -0.25) is 0 Å². The van der Waals surface area contributed by atoms with Crippen LogP contribution in [0.1, 0.15) is 26.5 Å². The van der Waals surface area contributed by atoms with Crippen molar-refractivity contribution < 1.29 is 0 Å². The first-order valence-electron chi connectivity index (χ1n) is 7.68. The van der Waals surface area contributed by atoms with Crippen LogP contribution in [0.2, 0.25) is 0 Å². The van der Waals surface area contributed by atoms with E-state index >= 15 is 0 Å². The summed E-state index contributed by atoms with van der Waals surface area (Å²) >= 11 is 0. The topological polar surface area (TPSA) is 31.4 Å². The van der Waals surface area contributed by atoms with Crippen molar-refractivity contribution in [2.45, 2.75) is 33.4 Å². The van der Waals surface area contributed by atoms with E-state index in [4.69, 9.17) is 4.98 Å². The lowest BCUT2D eigenvalue weighted by Gasteiger charge is -2.39. The molecule has 1 unspecified atom stereocenters. The van der Waals surface area contributed by atoms with Crippen LogP contribution in [0.3, 0.4) is 0 Å². The first kappa shape index (κ1) is 15.3. The van der Waals surface area contributed by atoms with Crippen molar-refractivity contribution in [3.05, 3.63) is 23.9 Å². The van der Waals surface area contributed by atoms with E-state index < -0.39 is 0 Å². The van der Waals surface area contributed by atoms with Crippen LogP contribution in [0.15, 0.2) is 18.2 Å². The van der Waals surface area contributed by atoms with E-state index in [2.05, 4.69) is 61.1 Å². The van der Waals surface area contributed by atoms with Crippen LogP contribution in [0.5, 0.6) is 0 Å². The number of hydrogen-bond acceptors (Lipinski definition) is 4. The number of nitrogens with one attached hydrogen (secondary N) is 1. The Bertz CT molecular complexity index is 419. The maximum absolute atomic E-state index is 4.81. The standard InChI is InChI=1S/C16H28N4/c1-13(2)10-17-11-15-6-5-7-16(18-15)20-9-8-19(4)12-14(20)3/h5-7,13-14,17H,8-12H2,1-4H3. The van der Waals surface area contributed by atoms with E-state index in [1.54, 1.807) is 0 Å². The van der Waals surface area contributed by atoms with Gasteiger partial charge >= 0.3 is 0 Å². The van der Waals surface area contributed by atoms with E-state index in [1.165, 1.54) is 0 Å². The molecule has 0 amide bonds. The maximum Gasteiger partial charge on any atom is 0.129 e. The van der Waals surface area contributed by atoms with Crippen molar-refractivity contribution in [3.8, 4) is 0 Å². The Morgan fingerprint density at radius 3 is 2.85 bits per heavy atom. The van der Waals surface area contributed by atoms with Gasteiger partial charge in [0.15, 0.2) is 0 Å². The Morgan fingerprint density at radius 1 is 1.35 bits per heavy atom. The third-order valence-electron chi connectivity index (χ3n) is 3.78. The molecule has 2 rings (SSSR count). The molecule has 1 aromatic rings. The van der Waals surface area contributed by atoms with E-state index in [9.17, 15) is 0 Å². The predicted octanol–water partition coefficient (Wildman–Crippen LogP) is 1.97. The molecule has 20 heavy (non-hydrogen) atoms. The summed E-state index contributed by atoms with van der Waals surface area (Å²) in [6, 6.07) is 6.89. The molecule has 2 heterocycles. The fraction of sp³-hybridized carbons (Fsp3) is 0.688. The van der Waals surface area contributed by atoms with Gasteiger partial charge in [0, 0.05) is 32.2 Å². The number of rotatable bonds is 5. The third-order valence-corrected chi connectivity index (χ3v) is 3.78. The fourth-order valence-corrected chi connectivity index (χ4v) is 2.69. The second-order valence-electron chi connectivity index (χ2n) is 6.32. The number of pyridine rings is 1. The molecule has 1 N–H and O–H groups in total. The largest absolute Gasteiger partial charge is 0.351 e. The molecule has 112 valence electrons. The molecule has 1 fully saturated rings. The molecule has 0 aromatic carbocycles. The Balaban J connectivity index is 1.98. The van der Waals surface area contributed by atoms with Gasteiger partial charge in [-0.15, -0.1) is 0 Å². The summed E-state index contributed by atoms with van der Waals surface area (Å²) in [4.78, 5) is 9.62. The molecule has 0 saturated carbocycles. The fourth-order valence-electron chi connectivity index (χ4n) is 2.69. The smallest absolute Gasteiger partial charge is 0.129 e. The minimum absolute atomic E-state index is 0.528. The van der Waals surface area contributed by atoms with Crippen LogP contribution in [-0.4, -0.2) is 49.2 Å². The predicted molar refractivity (Wildman–Crippen MR) is 85.1 cm³/mol. The Labute approximate surface area is 123 Å². The summed E-state index contributed by atoms with van der Waals surface area (Å²) in [5, 5.41) is 3.46. The molecule has 0 bridgehead atoms. The zero-order chi connectivity index (χ0) is 14.5. The normalized spacial score (nSPS) is 20.6. The average molecular weight is 276 g/mol. The zero-order valence-corrected chi connectivity index (χ0v) is 13.3. The number of anilines is 1. The molecule has 1 aliphatic heterocycles. The van der Waals surface area contributed by atoms with Gasteiger partial charge in [0.05, 0.1) is 5.69 Å². The van der Waals surface area contributed by atoms with Gasteiger partial charge in [-0.25, -0.2) is 4.98 Å². The van der Waals surface area contributed by atoms with Crippen LogP contribution in [0, 0.1) is 5.92 Å². The zero-order valence-electron chi connectivity index (χ0n) is 13.3. The van der Waals surface area contributed by atoms with Crippen molar-refractivity contribution in [1.29, 1.82) is 0 Å². The van der Waals surface area contributed by atoms with Crippen molar-refractivity contribution >= 4 is 5.82 Å². The minimum Gasteiger partial charge on any atom is -0.351 e. The minimum atomic E-state index is 0.528. The van der Waals surface area contributed by atoms with Crippen molar-refractivity contribution in [2.24, 2.45) is 5.92 Å². The quantitative estimate of drug-likeness (QED) is 0.891. The van der Waals surface area contributed by atoms with E-state index in [0.29, 0.717) is 12.0 Å². The monoisotopic (exact) mass is 276 g/mol. The highest BCUT2D eigenvalue weighted by Gasteiger charge is 2.22. The van der Waals surface area contributed by atoms with Gasteiger partial charge in [-0.1, -0.05) is 19.9 Å². The van der Waals surface area contributed by atoms with Gasteiger partial charge < -0.3 is 15.1 Å². The van der Waals surface area contributed by atoms with E-state index in [1.807, 2.05) is 0 Å². The number of aromatic nitrogens is 1. The van der Waals surface area contributed by atoms with Gasteiger partial charge in [-0.05, 0) is 38.6 Å². The molecule has 1 saturated heterocycles. The summed E-state index contributed by atoms with van der Waals surface area (Å²) < 4.78 is 0. The molecule has 0 aliphatic carbocycles. The molecule has 0 radical (unpaired) electrons. The number of hydrogen-bond donors (Lipinski definition) is 1. The molecule has 1 atom stereocenters. The van der Waals surface area contributed by atoms with Crippen LogP contribution in [0.25, 0.3) is 0 Å². The van der Waals surface area contributed by atoms with Gasteiger partial charge in [0.1, 0.15) is 5.82 Å². The Kier molecular flexibility index (Phi) is 5.38. The molecule has 4 nitrogen and oxygen atoms in total. The van der Waals surface area contributed by atoms with Crippen LogP contribution in [-0.2, 0) is 6.54 Å². The molecular formula is C16H28N4. The second-order valence-corrected chi connectivity index (χ2v) is 6.32. The Hall–Kier alpha value is -1.13. The number of nitrogens with zero attached hydrogens (tertiary/aromatic N) is 3. The number of likely N-dealkylation sites (N-methyl/N-ethyl adjacent to an activating group) is 1. The van der Waals surface area contributed by atoms with Gasteiger partial charge in [-0.2, -0.15) is 0 Å². The lowest BCUT2D eigenvalue weighted by Crippen LogP contribution is -2.50. The van der Waals surface area contributed by atoms with E-state index in [0.717, 1.165) is 44.2 Å². The molecule has 4 heteroatoms. The average Bonchev–Trinajstić information content (AvgIpc) is 2.38. The summed E-state index contributed by atoms with van der Waals surface area (Å²) in [6.07, 6.45) is 0. The van der Waals surface area contributed by atoms with Crippen LogP contribution < -0.4 is 10.2 Å². The molecular weight excluding hydrogens is 248 g/mol. The van der Waals surface area contributed by atoms with Crippen molar-refractivity contribution in [2.75, 3.05) is 38.1 Å².